The highest BCUT2D eigenvalue weighted by Crippen LogP contribution is 2.13. The quantitative estimate of drug-likeness (QED) is 0.716. The zero-order valence-corrected chi connectivity index (χ0v) is 12.7. The van der Waals surface area contributed by atoms with Crippen LogP contribution in [0.25, 0.3) is 0 Å². The van der Waals surface area contributed by atoms with Crippen LogP contribution in [0.1, 0.15) is 49.0 Å². The molecule has 106 valence electrons. The zero-order valence-electron chi connectivity index (χ0n) is 11.9. The average molecular weight is 282 g/mol. The monoisotopic (exact) mass is 281 g/mol. The largest absolute Gasteiger partial charge is 0.352 e. The van der Waals surface area contributed by atoms with E-state index in [4.69, 9.17) is 11.6 Å². The molecule has 0 saturated carbocycles. The molecule has 2 nitrogen and oxygen atoms in total. The van der Waals surface area contributed by atoms with Gasteiger partial charge in [0.2, 0.25) is 0 Å². The lowest BCUT2D eigenvalue weighted by molar-refractivity contribution is 0.0945. The predicted octanol–water partition coefficient (Wildman–Crippen LogP) is 4.02. The molecular weight excluding hydrogens is 258 g/mol. The summed E-state index contributed by atoms with van der Waals surface area (Å²) in [6.07, 6.45) is 4.08. The molecule has 1 unspecified atom stereocenters. The Bertz CT molecular complexity index is 386. The van der Waals surface area contributed by atoms with Gasteiger partial charge in [0.1, 0.15) is 0 Å². The van der Waals surface area contributed by atoms with Crippen LogP contribution in [0.2, 0.25) is 0 Å². The van der Waals surface area contributed by atoms with Gasteiger partial charge in [0.25, 0.3) is 5.91 Å². The first kappa shape index (κ1) is 16.0. The van der Waals surface area contributed by atoms with Crippen LogP contribution in [0.15, 0.2) is 24.3 Å². The Labute approximate surface area is 121 Å². The normalized spacial score (nSPS) is 12.2. The molecule has 0 fully saturated rings. The molecule has 0 aliphatic rings. The van der Waals surface area contributed by atoms with E-state index in [1.807, 2.05) is 24.3 Å². The van der Waals surface area contributed by atoms with Gasteiger partial charge in [-0.25, -0.2) is 0 Å². The van der Waals surface area contributed by atoms with Gasteiger partial charge in [-0.3, -0.25) is 4.79 Å². The number of aryl methyl sites for hydroxylation is 1. The van der Waals surface area contributed by atoms with E-state index in [9.17, 15) is 4.79 Å². The van der Waals surface area contributed by atoms with Crippen LogP contribution in [0.5, 0.6) is 0 Å². The molecular formula is C16H24ClNO. The van der Waals surface area contributed by atoms with Crippen molar-refractivity contribution in [3.05, 3.63) is 35.4 Å². The van der Waals surface area contributed by atoms with Crippen molar-refractivity contribution in [1.82, 2.24) is 5.32 Å². The van der Waals surface area contributed by atoms with Gasteiger partial charge in [0, 0.05) is 18.0 Å². The van der Waals surface area contributed by atoms with Crippen molar-refractivity contribution in [1.29, 1.82) is 0 Å². The van der Waals surface area contributed by atoms with Crippen LogP contribution in [-0.2, 0) is 6.42 Å². The molecule has 1 amide bonds. The molecule has 0 aliphatic heterocycles. The first-order chi connectivity index (χ1) is 9.22. The van der Waals surface area contributed by atoms with Crippen molar-refractivity contribution in [2.24, 2.45) is 5.92 Å². The molecule has 0 saturated heterocycles. The minimum absolute atomic E-state index is 0.0353. The smallest absolute Gasteiger partial charge is 0.251 e. The number of amides is 1. The Kier molecular flexibility index (Phi) is 7.57. The van der Waals surface area contributed by atoms with Gasteiger partial charge >= 0.3 is 0 Å². The molecule has 3 heteroatoms. The Hall–Kier alpha value is -1.02. The van der Waals surface area contributed by atoms with Gasteiger partial charge in [-0.15, -0.1) is 11.6 Å². The van der Waals surface area contributed by atoms with Crippen molar-refractivity contribution in [2.45, 2.75) is 39.5 Å². The van der Waals surface area contributed by atoms with Crippen molar-refractivity contribution in [3.63, 3.8) is 0 Å². The molecule has 0 spiro atoms. The van der Waals surface area contributed by atoms with E-state index in [1.165, 1.54) is 0 Å². The summed E-state index contributed by atoms with van der Waals surface area (Å²) in [4.78, 5) is 12.2. The van der Waals surface area contributed by atoms with Crippen molar-refractivity contribution in [2.75, 3.05) is 12.4 Å². The molecule has 1 atom stereocenters. The van der Waals surface area contributed by atoms with E-state index in [0.29, 0.717) is 11.8 Å². The number of nitrogens with one attached hydrogen (secondary N) is 1. The van der Waals surface area contributed by atoms with Gasteiger partial charge in [0.15, 0.2) is 0 Å². The van der Waals surface area contributed by atoms with E-state index in [0.717, 1.165) is 43.4 Å². The number of hydrogen-bond donors (Lipinski definition) is 1. The van der Waals surface area contributed by atoms with E-state index in [1.54, 1.807) is 0 Å². The number of carbonyl (C=O) groups is 1. The summed E-state index contributed by atoms with van der Waals surface area (Å²) in [5.74, 6) is 1.18. The number of halogens is 1. The summed E-state index contributed by atoms with van der Waals surface area (Å²) >= 11 is 5.80. The molecule has 1 aromatic carbocycles. The summed E-state index contributed by atoms with van der Waals surface area (Å²) in [7, 11) is 0. The first-order valence-electron chi connectivity index (χ1n) is 7.14. The minimum atomic E-state index is 0.0353. The highest BCUT2D eigenvalue weighted by Gasteiger charge is 2.12. The van der Waals surface area contributed by atoms with Crippen molar-refractivity contribution in [3.8, 4) is 0 Å². The van der Waals surface area contributed by atoms with Gasteiger partial charge in [-0.2, -0.15) is 0 Å². The molecule has 0 aromatic heterocycles. The first-order valence-corrected chi connectivity index (χ1v) is 7.68. The van der Waals surface area contributed by atoms with Crippen LogP contribution >= 0.6 is 11.6 Å². The number of hydrogen-bond acceptors (Lipinski definition) is 1. The van der Waals surface area contributed by atoms with Crippen molar-refractivity contribution >= 4 is 17.5 Å². The van der Waals surface area contributed by atoms with Crippen LogP contribution in [0.3, 0.4) is 0 Å². The van der Waals surface area contributed by atoms with Crippen LogP contribution in [0.4, 0.5) is 0 Å². The molecule has 1 N–H and O–H groups in total. The maximum absolute atomic E-state index is 12.2. The summed E-state index contributed by atoms with van der Waals surface area (Å²) in [6, 6.07) is 7.79. The Morgan fingerprint density at radius 3 is 2.63 bits per heavy atom. The third kappa shape index (κ3) is 5.23. The second kappa shape index (κ2) is 8.98. The van der Waals surface area contributed by atoms with Gasteiger partial charge in [-0.05, 0) is 36.8 Å². The topological polar surface area (TPSA) is 29.1 Å². The molecule has 0 heterocycles. The van der Waals surface area contributed by atoms with Gasteiger partial charge in [0.05, 0.1) is 0 Å². The Morgan fingerprint density at radius 2 is 2.00 bits per heavy atom. The fourth-order valence-electron chi connectivity index (χ4n) is 2.29. The fourth-order valence-corrected chi connectivity index (χ4v) is 2.60. The molecule has 0 bridgehead atoms. The number of carbonyl (C=O) groups excluding carboxylic acids is 1. The fraction of sp³-hybridized carbons (Fsp3) is 0.562. The Morgan fingerprint density at radius 1 is 1.26 bits per heavy atom. The number of rotatable bonds is 8. The zero-order chi connectivity index (χ0) is 14.1. The van der Waals surface area contributed by atoms with Crippen LogP contribution in [-0.4, -0.2) is 18.3 Å². The van der Waals surface area contributed by atoms with Crippen molar-refractivity contribution < 1.29 is 4.79 Å². The van der Waals surface area contributed by atoms with E-state index >= 15 is 0 Å². The molecule has 0 radical (unpaired) electrons. The second-order valence-electron chi connectivity index (χ2n) is 4.85. The minimum Gasteiger partial charge on any atom is -0.352 e. The standard InChI is InChI=1S/C16H24ClNO/c1-3-7-13(10-11-17)12-18-16(19)15-9-6-5-8-14(15)4-2/h5-6,8-9,13H,3-4,7,10-12H2,1-2H3,(H,18,19). The molecule has 0 aliphatic carbocycles. The Balaban J connectivity index is 2.58. The maximum atomic E-state index is 12.2. The average Bonchev–Trinajstić information content (AvgIpc) is 2.44. The lowest BCUT2D eigenvalue weighted by Crippen LogP contribution is -2.30. The highest BCUT2D eigenvalue weighted by atomic mass is 35.5. The van der Waals surface area contributed by atoms with Crippen LogP contribution < -0.4 is 5.32 Å². The van der Waals surface area contributed by atoms with Gasteiger partial charge < -0.3 is 5.32 Å². The highest BCUT2D eigenvalue weighted by molar-refractivity contribution is 6.17. The summed E-state index contributed by atoms with van der Waals surface area (Å²) in [5, 5.41) is 3.05. The summed E-state index contributed by atoms with van der Waals surface area (Å²) < 4.78 is 0. The van der Waals surface area contributed by atoms with E-state index in [2.05, 4.69) is 19.2 Å². The SMILES string of the molecule is CCCC(CCCl)CNC(=O)c1ccccc1CC. The predicted molar refractivity (Wildman–Crippen MR) is 81.9 cm³/mol. The third-order valence-electron chi connectivity index (χ3n) is 3.41. The summed E-state index contributed by atoms with van der Waals surface area (Å²) in [5.41, 5.74) is 1.90. The molecule has 1 rings (SSSR count). The lowest BCUT2D eigenvalue weighted by atomic mass is 10.00. The van der Waals surface area contributed by atoms with Crippen LogP contribution in [0, 0.1) is 5.92 Å². The van der Waals surface area contributed by atoms with Gasteiger partial charge in [-0.1, -0.05) is 38.5 Å². The summed E-state index contributed by atoms with van der Waals surface area (Å²) in [6.45, 7) is 4.95. The van der Waals surface area contributed by atoms with E-state index < -0.39 is 0 Å². The number of alkyl halides is 1. The molecule has 19 heavy (non-hydrogen) atoms. The third-order valence-corrected chi connectivity index (χ3v) is 3.63. The van der Waals surface area contributed by atoms with E-state index in [-0.39, 0.29) is 5.91 Å². The number of benzene rings is 1. The maximum Gasteiger partial charge on any atom is 0.251 e. The second-order valence-corrected chi connectivity index (χ2v) is 5.23. The lowest BCUT2D eigenvalue weighted by Gasteiger charge is -2.16. The molecule has 1 aromatic rings.